The molecule has 1 N–H and O–H groups in total. The Balaban J connectivity index is 0.00000256. The van der Waals surface area contributed by atoms with Gasteiger partial charge in [0.05, 0.1) is 23.2 Å². The van der Waals surface area contributed by atoms with Gasteiger partial charge in [-0.1, -0.05) is 11.3 Å². The van der Waals surface area contributed by atoms with Gasteiger partial charge in [0.2, 0.25) is 5.91 Å². The van der Waals surface area contributed by atoms with Crippen molar-refractivity contribution in [3.05, 3.63) is 45.4 Å². The Morgan fingerprint density at radius 2 is 2.00 bits per heavy atom. The highest BCUT2D eigenvalue weighted by molar-refractivity contribution is 7.22. The van der Waals surface area contributed by atoms with E-state index < -0.39 is 11.2 Å². The molecule has 0 aliphatic heterocycles. The number of anilines is 1. The quantitative estimate of drug-likeness (QED) is 0.493. The Labute approximate surface area is 180 Å². The Morgan fingerprint density at radius 3 is 2.73 bits per heavy atom. The molecule has 0 atom stereocenters. The summed E-state index contributed by atoms with van der Waals surface area (Å²) in [5.41, 5.74) is 0.199. The summed E-state index contributed by atoms with van der Waals surface area (Å²) in [5.74, 6) is 0.386. The molecule has 0 saturated heterocycles. The van der Waals surface area contributed by atoms with Crippen LogP contribution in [0.5, 0.6) is 5.75 Å². The van der Waals surface area contributed by atoms with E-state index >= 15 is 0 Å². The van der Waals surface area contributed by atoms with E-state index in [2.05, 4.69) is 15.3 Å². The first kappa shape index (κ1) is 21.5. The maximum absolute atomic E-state index is 12.5. The highest BCUT2D eigenvalue weighted by Gasteiger charge is 2.16. The zero-order valence-electron chi connectivity index (χ0n) is 16.4. The van der Waals surface area contributed by atoms with Gasteiger partial charge in [-0.2, -0.15) is 0 Å². The first-order chi connectivity index (χ1) is 13.9. The largest absolute Gasteiger partial charge is 0.494 e. The molecule has 0 aliphatic carbocycles. The minimum atomic E-state index is -0.503. The van der Waals surface area contributed by atoms with Gasteiger partial charge in [0.1, 0.15) is 12.3 Å². The number of aryl methyl sites for hydroxylation is 1. The van der Waals surface area contributed by atoms with E-state index in [1.165, 1.54) is 40.9 Å². The summed E-state index contributed by atoms with van der Waals surface area (Å²) in [4.78, 5) is 45.5. The molecule has 30 heavy (non-hydrogen) atoms. The smallest absolute Gasteiger partial charge is 0.332 e. The van der Waals surface area contributed by atoms with Crippen molar-refractivity contribution in [2.24, 2.45) is 14.1 Å². The van der Waals surface area contributed by atoms with Crippen molar-refractivity contribution < 1.29 is 9.53 Å². The van der Waals surface area contributed by atoms with E-state index in [0.717, 1.165) is 20.5 Å². The van der Waals surface area contributed by atoms with Crippen molar-refractivity contribution in [1.29, 1.82) is 0 Å². The fourth-order valence-corrected chi connectivity index (χ4v) is 3.96. The lowest BCUT2D eigenvalue weighted by Crippen LogP contribution is -2.37. The number of halogens is 1. The molecule has 10 nitrogen and oxygen atoms in total. The number of rotatable bonds is 5. The normalized spacial score (nSPS) is 10.9. The molecular formula is C18H19ClN6O4S. The van der Waals surface area contributed by atoms with Gasteiger partial charge in [-0.25, -0.2) is 14.8 Å². The van der Waals surface area contributed by atoms with E-state index in [4.69, 9.17) is 4.74 Å². The number of hydrogen-bond donors (Lipinski definition) is 1. The molecule has 3 heterocycles. The average molecular weight is 451 g/mol. The summed E-state index contributed by atoms with van der Waals surface area (Å²) in [6.07, 6.45) is 1.37. The number of nitrogens with zero attached hydrogens (tertiary/aromatic N) is 5. The van der Waals surface area contributed by atoms with Gasteiger partial charge in [-0.3, -0.25) is 18.7 Å². The number of benzene rings is 1. The third-order valence-electron chi connectivity index (χ3n) is 4.45. The number of ether oxygens (including phenoxy) is 1. The van der Waals surface area contributed by atoms with Gasteiger partial charge in [0.25, 0.3) is 5.56 Å². The number of fused-ring (bicyclic) bond motifs is 2. The minimum Gasteiger partial charge on any atom is -0.494 e. The molecule has 1 aromatic carbocycles. The topological polar surface area (TPSA) is 113 Å². The summed E-state index contributed by atoms with van der Waals surface area (Å²) in [5, 5.41) is 3.20. The van der Waals surface area contributed by atoms with Crippen molar-refractivity contribution in [1.82, 2.24) is 23.7 Å². The molecule has 0 aliphatic rings. The second kappa shape index (κ2) is 8.28. The van der Waals surface area contributed by atoms with E-state index in [-0.39, 0.29) is 36.0 Å². The standard InChI is InChI=1S/C18H18N6O4S.ClH/c1-4-28-10-5-6-11-12(7-10)29-17(20-11)21-13(25)8-24-9-19-15-14(24)16(26)23(3)18(27)22(15)2;/h5-7,9H,4,8H2,1-3H3,(H,20,21,25);1H. The van der Waals surface area contributed by atoms with Crippen molar-refractivity contribution in [2.75, 3.05) is 11.9 Å². The van der Waals surface area contributed by atoms with Gasteiger partial charge in [0, 0.05) is 14.1 Å². The lowest BCUT2D eigenvalue weighted by atomic mass is 10.3. The third kappa shape index (κ3) is 3.68. The van der Waals surface area contributed by atoms with Crippen LogP contribution in [0.4, 0.5) is 5.13 Å². The number of aromatic nitrogens is 5. The van der Waals surface area contributed by atoms with Crippen LogP contribution in [-0.2, 0) is 25.4 Å². The second-order valence-electron chi connectivity index (χ2n) is 6.38. The summed E-state index contributed by atoms with van der Waals surface area (Å²) in [7, 11) is 2.91. The SMILES string of the molecule is CCOc1ccc2nc(NC(=O)Cn3cnc4c3c(=O)n(C)c(=O)n4C)sc2c1.Cl. The highest BCUT2D eigenvalue weighted by Crippen LogP contribution is 2.29. The van der Waals surface area contributed by atoms with Crippen LogP contribution in [0.25, 0.3) is 21.4 Å². The summed E-state index contributed by atoms with van der Waals surface area (Å²) < 4.78 is 10.1. The van der Waals surface area contributed by atoms with Crippen LogP contribution < -0.4 is 21.3 Å². The van der Waals surface area contributed by atoms with Gasteiger partial charge in [-0.05, 0) is 25.1 Å². The van der Waals surface area contributed by atoms with E-state index in [1.807, 2.05) is 25.1 Å². The summed E-state index contributed by atoms with van der Waals surface area (Å²) in [6.45, 7) is 2.34. The molecule has 0 bridgehead atoms. The maximum Gasteiger partial charge on any atom is 0.332 e. The number of carbonyl (C=O) groups is 1. The van der Waals surface area contributed by atoms with Crippen LogP contribution in [0.1, 0.15) is 6.92 Å². The monoisotopic (exact) mass is 450 g/mol. The number of hydrogen-bond acceptors (Lipinski definition) is 7. The number of nitrogens with one attached hydrogen (secondary N) is 1. The fraction of sp³-hybridized carbons (Fsp3) is 0.278. The van der Waals surface area contributed by atoms with Crippen molar-refractivity contribution in [3.8, 4) is 5.75 Å². The predicted molar refractivity (Wildman–Crippen MR) is 117 cm³/mol. The lowest BCUT2D eigenvalue weighted by Gasteiger charge is -2.06. The van der Waals surface area contributed by atoms with Crippen LogP contribution in [-0.4, -0.2) is 36.2 Å². The molecule has 3 aromatic heterocycles. The molecule has 0 unspecified atom stereocenters. The van der Waals surface area contributed by atoms with E-state index in [9.17, 15) is 14.4 Å². The second-order valence-corrected chi connectivity index (χ2v) is 7.41. The Bertz CT molecular complexity index is 1370. The molecule has 12 heteroatoms. The third-order valence-corrected chi connectivity index (χ3v) is 5.38. The highest BCUT2D eigenvalue weighted by atomic mass is 35.5. The number of carbonyl (C=O) groups excluding carboxylic acids is 1. The molecule has 4 rings (SSSR count). The molecule has 0 saturated carbocycles. The van der Waals surface area contributed by atoms with Crippen LogP contribution in [0.3, 0.4) is 0 Å². The van der Waals surface area contributed by atoms with Gasteiger partial charge in [-0.15, -0.1) is 12.4 Å². The maximum atomic E-state index is 12.5. The molecule has 0 radical (unpaired) electrons. The number of imidazole rings is 1. The fourth-order valence-electron chi connectivity index (χ4n) is 3.05. The summed E-state index contributed by atoms with van der Waals surface area (Å²) in [6, 6.07) is 5.54. The molecular weight excluding hydrogens is 432 g/mol. The molecule has 0 spiro atoms. The van der Waals surface area contributed by atoms with Crippen molar-refractivity contribution >= 4 is 56.2 Å². The molecule has 158 valence electrons. The van der Waals surface area contributed by atoms with Crippen LogP contribution >= 0.6 is 23.7 Å². The van der Waals surface area contributed by atoms with Crippen molar-refractivity contribution in [3.63, 3.8) is 0 Å². The van der Waals surface area contributed by atoms with Crippen LogP contribution in [0.2, 0.25) is 0 Å². The van der Waals surface area contributed by atoms with Crippen molar-refractivity contribution in [2.45, 2.75) is 13.5 Å². The van der Waals surface area contributed by atoms with Gasteiger partial charge in [0.15, 0.2) is 16.3 Å². The zero-order valence-corrected chi connectivity index (χ0v) is 18.0. The molecule has 0 fully saturated rings. The van der Waals surface area contributed by atoms with Gasteiger partial charge < -0.3 is 14.6 Å². The number of thiazole rings is 1. The number of amides is 1. The first-order valence-corrected chi connectivity index (χ1v) is 9.64. The first-order valence-electron chi connectivity index (χ1n) is 8.83. The van der Waals surface area contributed by atoms with Gasteiger partial charge >= 0.3 is 5.69 Å². The minimum absolute atomic E-state index is 0. The van der Waals surface area contributed by atoms with Crippen LogP contribution in [0.15, 0.2) is 34.1 Å². The predicted octanol–water partition coefficient (Wildman–Crippen LogP) is 1.50. The Kier molecular flexibility index (Phi) is 5.94. The molecule has 1 amide bonds. The molecule has 4 aromatic rings. The Hall–Kier alpha value is -3.18. The lowest BCUT2D eigenvalue weighted by molar-refractivity contribution is -0.116. The van der Waals surface area contributed by atoms with E-state index in [0.29, 0.717) is 11.7 Å². The average Bonchev–Trinajstić information content (AvgIpc) is 3.28. The van der Waals surface area contributed by atoms with Crippen LogP contribution in [0, 0.1) is 0 Å². The summed E-state index contributed by atoms with van der Waals surface area (Å²) >= 11 is 1.33. The zero-order chi connectivity index (χ0) is 20.7. The Morgan fingerprint density at radius 1 is 1.23 bits per heavy atom. The van der Waals surface area contributed by atoms with E-state index in [1.54, 1.807) is 0 Å².